The van der Waals surface area contributed by atoms with E-state index in [0.717, 1.165) is 22.4 Å². The molecule has 0 atom stereocenters. The van der Waals surface area contributed by atoms with E-state index in [1.165, 1.54) is 4.52 Å². The molecule has 4 rings (SSSR count). The summed E-state index contributed by atoms with van der Waals surface area (Å²) in [7, 11) is 1.71. The highest BCUT2D eigenvalue weighted by molar-refractivity contribution is 5.95. The van der Waals surface area contributed by atoms with Gasteiger partial charge in [0.15, 0.2) is 5.65 Å². The van der Waals surface area contributed by atoms with Crippen LogP contribution in [0.2, 0.25) is 0 Å². The fraction of sp³-hybridized carbons (Fsp3) is 0.217. The van der Waals surface area contributed by atoms with Crippen LogP contribution in [0.25, 0.3) is 16.8 Å². The van der Waals surface area contributed by atoms with E-state index in [1.54, 1.807) is 42.7 Å². The van der Waals surface area contributed by atoms with Crippen molar-refractivity contribution in [2.24, 2.45) is 0 Å². The molecule has 0 aromatic carbocycles. The highest BCUT2D eigenvalue weighted by Gasteiger charge is 2.21. The topological polar surface area (TPSA) is 117 Å². The Morgan fingerprint density at radius 3 is 2.67 bits per heavy atom. The van der Waals surface area contributed by atoms with Crippen LogP contribution >= 0.6 is 0 Å². The first-order valence-electron chi connectivity index (χ1n) is 10.5. The molecule has 10 heteroatoms. The molecule has 0 radical (unpaired) electrons. The number of urea groups is 1. The van der Waals surface area contributed by atoms with Crippen LogP contribution in [0.5, 0.6) is 0 Å². The second kappa shape index (κ2) is 9.43. The lowest BCUT2D eigenvalue weighted by Gasteiger charge is -2.18. The molecule has 4 heterocycles. The number of carbonyl (C=O) groups is 2. The highest BCUT2D eigenvalue weighted by atomic mass is 16.2. The van der Waals surface area contributed by atoms with Crippen LogP contribution in [0.15, 0.2) is 55.0 Å². The number of hydrogen-bond acceptors (Lipinski definition) is 6. The molecule has 4 aromatic heterocycles. The maximum atomic E-state index is 13.5. The smallest absolute Gasteiger partial charge is 0.321 e. The van der Waals surface area contributed by atoms with Crippen LogP contribution in [-0.2, 0) is 6.54 Å². The Morgan fingerprint density at radius 1 is 1.12 bits per heavy atom. The summed E-state index contributed by atoms with van der Waals surface area (Å²) in [6.45, 7) is 4.57. The summed E-state index contributed by atoms with van der Waals surface area (Å²) in [6, 6.07) is 10.7. The van der Waals surface area contributed by atoms with Crippen LogP contribution in [0.1, 0.15) is 28.7 Å². The minimum Gasteiger partial charge on any atom is -0.338 e. The van der Waals surface area contributed by atoms with E-state index in [4.69, 9.17) is 0 Å². The molecule has 0 unspecified atom stereocenters. The molecule has 0 spiro atoms. The number of aryl methyl sites for hydroxylation is 1. The zero-order valence-electron chi connectivity index (χ0n) is 18.6. The third-order valence-electron chi connectivity index (χ3n) is 5.07. The molecule has 0 saturated carbocycles. The van der Waals surface area contributed by atoms with E-state index in [0.29, 0.717) is 24.4 Å². The van der Waals surface area contributed by atoms with Crippen molar-refractivity contribution in [2.45, 2.75) is 20.4 Å². The van der Waals surface area contributed by atoms with E-state index < -0.39 is 6.03 Å². The standard InChI is InChI=1S/C23H24N8O2/c1-4-25-23(33)28-22-27-20-12-17(16-8-6-9-24-13-16)11-19(31(20)29-22)21(32)30(3)14-18-15(2)7-5-10-26-18/h5-13H,4,14H2,1-3H3,(H2,25,28,29,33). The van der Waals surface area contributed by atoms with Gasteiger partial charge >= 0.3 is 6.03 Å². The molecule has 0 aliphatic rings. The van der Waals surface area contributed by atoms with Crippen LogP contribution in [-0.4, -0.2) is 55.0 Å². The van der Waals surface area contributed by atoms with E-state index in [-0.39, 0.29) is 11.9 Å². The van der Waals surface area contributed by atoms with Crippen LogP contribution < -0.4 is 10.6 Å². The number of nitrogens with one attached hydrogen (secondary N) is 2. The lowest BCUT2D eigenvalue weighted by atomic mass is 10.1. The molecule has 10 nitrogen and oxygen atoms in total. The van der Waals surface area contributed by atoms with Crippen LogP contribution in [0.3, 0.4) is 0 Å². The molecule has 0 saturated heterocycles. The summed E-state index contributed by atoms with van der Waals surface area (Å²) >= 11 is 0. The van der Waals surface area contributed by atoms with Crippen LogP contribution in [0, 0.1) is 6.92 Å². The van der Waals surface area contributed by atoms with Crippen molar-refractivity contribution in [3.05, 3.63) is 71.9 Å². The minimum absolute atomic E-state index is 0.0987. The Kier molecular flexibility index (Phi) is 6.25. The van der Waals surface area contributed by atoms with Crippen molar-refractivity contribution in [1.82, 2.24) is 34.8 Å². The lowest BCUT2D eigenvalue weighted by Crippen LogP contribution is -2.29. The van der Waals surface area contributed by atoms with E-state index in [9.17, 15) is 9.59 Å². The first kappa shape index (κ1) is 21.9. The largest absolute Gasteiger partial charge is 0.338 e. The number of hydrogen-bond donors (Lipinski definition) is 2. The maximum Gasteiger partial charge on any atom is 0.321 e. The number of pyridine rings is 3. The van der Waals surface area contributed by atoms with Gasteiger partial charge in [0.1, 0.15) is 5.69 Å². The lowest BCUT2D eigenvalue weighted by molar-refractivity contribution is 0.0774. The number of amides is 3. The number of aromatic nitrogens is 5. The first-order chi connectivity index (χ1) is 16.0. The molecule has 33 heavy (non-hydrogen) atoms. The molecular weight excluding hydrogens is 420 g/mol. The summed E-state index contributed by atoms with van der Waals surface area (Å²) < 4.78 is 1.44. The Morgan fingerprint density at radius 2 is 1.94 bits per heavy atom. The number of carbonyl (C=O) groups excluding carboxylic acids is 2. The zero-order valence-corrected chi connectivity index (χ0v) is 18.6. The maximum absolute atomic E-state index is 13.5. The zero-order chi connectivity index (χ0) is 23.4. The SMILES string of the molecule is CCNC(=O)Nc1nc2cc(-c3cccnc3)cc(C(=O)N(C)Cc3ncccc3C)n2n1. The molecule has 0 aliphatic carbocycles. The molecule has 3 amide bonds. The molecule has 0 bridgehead atoms. The first-order valence-corrected chi connectivity index (χ1v) is 10.5. The minimum atomic E-state index is -0.420. The average Bonchev–Trinajstić information content (AvgIpc) is 3.22. The Labute approximate surface area is 190 Å². The molecule has 0 fully saturated rings. The summed E-state index contributed by atoms with van der Waals surface area (Å²) in [5.74, 6) is -0.160. The molecule has 168 valence electrons. The van der Waals surface area contributed by atoms with E-state index in [1.807, 2.05) is 38.1 Å². The molecule has 0 aliphatic heterocycles. The van der Waals surface area contributed by atoms with Crippen molar-refractivity contribution in [3.63, 3.8) is 0 Å². The van der Waals surface area contributed by atoms with Gasteiger partial charge in [-0.2, -0.15) is 4.98 Å². The van der Waals surface area contributed by atoms with Crippen molar-refractivity contribution in [3.8, 4) is 11.1 Å². The predicted octanol–water partition coefficient (Wildman–Crippen LogP) is 2.91. The highest BCUT2D eigenvalue weighted by Crippen LogP contribution is 2.23. The van der Waals surface area contributed by atoms with Crippen molar-refractivity contribution in [2.75, 3.05) is 18.9 Å². The van der Waals surface area contributed by atoms with Gasteiger partial charge in [-0.3, -0.25) is 20.1 Å². The molecule has 4 aromatic rings. The Hall–Kier alpha value is -4.34. The fourth-order valence-electron chi connectivity index (χ4n) is 3.37. The van der Waals surface area contributed by atoms with Gasteiger partial charge in [-0.15, -0.1) is 5.10 Å². The van der Waals surface area contributed by atoms with Gasteiger partial charge in [0.25, 0.3) is 11.9 Å². The second-order valence-corrected chi connectivity index (χ2v) is 7.49. The average molecular weight is 444 g/mol. The summed E-state index contributed by atoms with van der Waals surface area (Å²) in [5.41, 5.74) is 4.13. The predicted molar refractivity (Wildman–Crippen MR) is 124 cm³/mol. The van der Waals surface area contributed by atoms with Gasteiger partial charge in [0, 0.05) is 37.7 Å². The molecular formula is C23H24N8O2. The van der Waals surface area contributed by atoms with E-state index >= 15 is 0 Å². The quantitative estimate of drug-likeness (QED) is 0.472. The third kappa shape index (κ3) is 4.79. The van der Waals surface area contributed by atoms with Gasteiger partial charge in [-0.05, 0) is 49.2 Å². The van der Waals surface area contributed by atoms with Gasteiger partial charge in [0.2, 0.25) is 0 Å². The number of nitrogens with zero attached hydrogens (tertiary/aromatic N) is 6. The number of fused-ring (bicyclic) bond motifs is 1. The van der Waals surface area contributed by atoms with Gasteiger partial charge in [0.05, 0.1) is 12.2 Å². The van der Waals surface area contributed by atoms with Gasteiger partial charge in [-0.1, -0.05) is 12.1 Å². The normalized spacial score (nSPS) is 10.8. The van der Waals surface area contributed by atoms with Crippen molar-refractivity contribution < 1.29 is 9.59 Å². The fourth-order valence-corrected chi connectivity index (χ4v) is 3.37. The van der Waals surface area contributed by atoms with Crippen molar-refractivity contribution in [1.29, 1.82) is 0 Å². The Balaban J connectivity index is 1.75. The second-order valence-electron chi connectivity index (χ2n) is 7.49. The van der Waals surface area contributed by atoms with Gasteiger partial charge < -0.3 is 10.2 Å². The molecule has 2 N–H and O–H groups in total. The number of anilines is 1. The Bertz CT molecular complexity index is 1300. The summed E-state index contributed by atoms with van der Waals surface area (Å²) in [4.78, 5) is 40.0. The monoisotopic (exact) mass is 444 g/mol. The number of rotatable bonds is 6. The third-order valence-corrected chi connectivity index (χ3v) is 5.07. The summed E-state index contributed by atoms with van der Waals surface area (Å²) in [5, 5.41) is 9.58. The van der Waals surface area contributed by atoms with Crippen LogP contribution in [0.4, 0.5) is 10.7 Å². The summed E-state index contributed by atoms with van der Waals surface area (Å²) in [6.07, 6.45) is 5.10. The van der Waals surface area contributed by atoms with Gasteiger partial charge in [-0.25, -0.2) is 9.31 Å². The van der Waals surface area contributed by atoms with E-state index in [2.05, 4.69) is 30.7 Å². The van der Waals surface area contributed by atoms with Crippen molar-refractivity contribution >= 4 is 23.5 Å².